The standard InChI is InChI=1S/C47H30N4O2/c1-47(2)36-23-12-11-19-30(36)31-21-13-22-33(40(31)47)44-49-43(27-14-5-3-6-15-27)50-45(51-44)34-26-35-39-38(52-41(35)32-20-10-9-18-29(32)34)25-24-37-42(39)53-46(48-37)28-16-7-4-8-17-28/h3-26H,1-2H3. The molecule has 1 aliphatic carbocycles. The van der Waals surface area contributed by atoms with Gasteiger partial charge in [0.1, 0.15) is 16.7 Å². The van der Waals surface area contributed by atoms with E-state index in [1.807, 2.05) is 84.9 Å². The fourth-order valence-corrected chi connectivity index (χ4v) is 8.32. The minimum Gasteiger partial charge on any atom is -0.455 e. The summed E-state index contributed by atoms with van der Waals surface area (Å²) in [6.45, 7) is 4.58. The summed E-state index contributed by atoms with van der Waals surface area (Å²) in [7, 11) is 0. The summed E-state index contributed by atoms with van der Waals surface area (Å²) in [4.78, 5) is 20.6. The molecule has 0 fully saturated rings. The highest BCUT2D eigenvalue weighted by molar-refractivity contribution is 6.23. The molecule has 0 N–H and O–H groups in total. The number of aromatic nitrogens is 4. The summed E-state index contributed by atoms with van der Waals surface area (Å²) in [6.07, 6.45) is 0. The minimum absolute atomic E-state index is 0.245. The Morgan fingerprint density at radius 3 is 1.91 bits per heavy atom. The van der Waals surface area contributed by atoms with Crippen LogP contribution in [0.2, 0.25) is 0 Å². The number of nitrogens with zero attached hydrogens (tertiary/aromatic N) is 4. The van der Waals surface area contributed by atoms with E-state index in [1.165, 1.54) is 22.3 Å². The van der Waals surface area contributed by atoms with E-state index in [2.05, 4.69) is 74.5 Å². The fraction of sp³-hybridized carbons (Fsp3) is 0.0638. The molecular formula is C47H30N4O2. The van der Waals surface area contributed by atoms with Gasteiger partial charge in [-0.2, -0.15) is 0 Å². The van der Waals surface area contributed by atoms with Gasteiger partial charge in [0.15, 0.2) is 23.1 Å². The maximum absolute atomic E-state index is 6.63. The van der Waals surface area contributed by atoms with Gasteiger partial charge >= 0.3 is 0 Å². The Labute approximate surface area is 304 Å². The molecule has 0 saturated heterocycles. The van der Waals surface area contributed by atoms with Gasteiger partial charge in [-0.3, -0.25) is 0 Å². The molecule has 0 bridgehead atoms. The molecule has 0 aliphatic heterocycles. The minimum atomic E-state index is -0.245. The lowest BCUT2D eigenvalue weighted by atomic mass is 9.80. The average molecular weight is 683 g/mol. The van der Waals surface area contributed by atoms with Crippen molar-refractivity contribution in [2.24, 2.45) is 0 Å². The second kappa shape index (κ2) is 11.0. The molecule has 0 amide bonds. The molecule has 11 rings (SSSR count). The summed E-state index contributed by atoms with van der Waals surface area (Å²) in [5.41, 5.74) is 11.4. The summed E-state index contributed by atoms with van der Waals surface area (Å²) < 4.78 is 13.2. The third-order valence-electron chi connectivity index (χ3n) is 10.7. The van der Waals surface area contributed by atoms with E-state index in [-0.39, 0.29) is 5.41 Å². The number of hydrogen-bond donors (Lipinski definition) is 0. The van der Waals surface area contributed by atoms with Crippen molar-refractivity contribution < 1.29 is 8.83 Å². The van der Waals surface area contributed by atoms with E-state index in [0.717, 1.165) is 60.5 Å². The zero-order valence-corrected chi connectivity index (χ0v) is 29.0. The van der Waals surface area contributed by atoms with E-state index in [0.29, 0.717) is 28.9 Å². The lowest BCUT2D eigenvalue weighted by Gasteiger charge is -2.24. The first-order valence-electron chi connectivity index (χ1n) is 17.8. The van der Waals surface area contributed by atoms with Crippen LogP contribution in [0.15, 0.2) is 154 Å². The van der Waals surface area contributed by atoms with Crippen LogP contribution in [0.4, 0.5) is 0 Å². The predicted octanol–water partition coefficient (Wildman–Crippen LogP) is 12.0. The summed E-state index contributed by atoms with van der Waals surface area (Å²) >= 11 is 0. The monoisotopic (exact) mass is 682 g/mol. The van der Waals surface area contributed by atoms with Crippen LogP contribution >= 0.6 is 0 Å². The first-order valence-corrected chi connectivity index (χ1v) is 17.8. The Balaban J connectivity index is 1.20. The van der Waals surface area contributed by atoms with E-state index >= 15 is 0 Å². The summed E-state index contributed by atoms with van der Waals surface area (Å²) in [5, 5.41) is 3.74. The lowest BCUT2D eigenvalue weighted by Crippen LogP contribution is -2.17. The predicted molar refractivity (Wildman–Crippen MR) is 211 cm³/mol. The zero-order valence-electron chi connectivity index (χ0n) is 29.0. The number of benzene rings is 7. The van der Waals surface area contributed by atoms with Crippen molar-refractivity contribution in [1.29, 1.82) is 0 Å². The lowest BCUT2D eigenvalue weighted by molar-refractivity contribution is 0.622. The second-order valence-electron chi connectivity index (χ2n) is 14.2. The topological polar surface area (TPSA) is 77.8 Å². The Hall–Kier alpha value is -6.92. The summed E-state index contributed by atoms with van der Waals surface area (Å²) in [5.74, 6) is 2.40. The number of furan rings is 1. The number of hydrogen-bond acceptors (Lipinski definition) is 6. The van der Waals surface area contributed by atoms with Gasteiger partial charge in [-0.05, 0) is 58.0 Å². The van der Waals surface area contributed by atoms with Crippen molar-refractivity contribution >= 4 is 43.8 Å². The van der Waals surface area contributed by atoms with Gasteiger partial charge in [0.2, 0.25) is 5.89 Å². The highest BCUT2D eigenvalue weighted by atomic mass is 16.4. The molecule has 0 atom stereocenters. The molecule has 53 heavy (non-hydrogen) atoms. The van der Waals surface area contributed by atoms with E-state index in [4.69, 9.17) is 28.8 Å². The number of rotatable bonds is 4. The van der Waals surface area contributed by atoms with Crippen molar-refractivity contribution in [2.75, 3.05) is 0 Å². The van der Waals surface area contributed by atoms with E-state index in [1.54, 1.807) is 0 Å². The fourth-order valence-electron chi connectivity index (χ4n) is 8.32. The Kier molecular flexibility index (Phi) is 6.20. The van der Waals surface area contributed by atoms with Crippen molar-refractivity contribution in [2.45, 2.75) is 19.3 Å². The third-order valence-corrected chi connectivity index (χ3v) is 10.7. The second-order valence-corrected chi connectivity index (χ2v) is 14.2. The smallest absolute Gasteiger partial charge is 0.227 e. The Morgan fingerprint density at radius 2 is 1.09 bits per heavy atom. The quantitative estimate of drug-likeness (QED) is 0.184. The molecular weight excluding hydrogens is 653 g/mol. The van der Waals surface area contributed by atoms with E-state index in [9.17, 15) is 0 Å². The molecule has 7 aromatic carbocycles. The summed E-state index contributed by atoms with van der Waals surface area (Å²) in [6, 6.07) is 49.7. The first kappa shape index (κ1) is 29.8. The molecule has 6 heteroatoms. The van der Waals surface area contributed by atoms with Crippen molar-refractivity contribution in [3.63, 3.8) is 0 Å². The van der Waals surface area contributed by atoms with Gasteiger partial charge in [-0.15, -0.1) is 0 Å². The van der Waals surface area contributed by atoms with Gasteiger partial charge in [-0.25, -0.2) is 19.9 Å². The molecule has 0 radical (unpaired) electrons. The number of fused-ring (bicyclic) bond motifs is 10. The van der Waals surface area contributed by atoms with Gasteiger partial charge in [0.05, 0.1) is 5.39 Å². The number of oxazole rings is 1. The van der Waals surface area contributed by atoms with Crippen LogP contribution in [-0.4, -0.2) is 19.9 Å². The van der Waals surface area contributed by atoms with Gasteiger partial charge in [0.25, 0.3) is 0 Å². The third kappa shape index (κ3) is 4.39. The Morgan fingerprint density at radius 1 is 0.453 bits per heavy atom. The van der Waals surface area contributed by atoms with Gasteiger partial charge in [0, 0.05) is 38.4 Å². The van der Waals surface area contributed by atoms with Crippen LogP contribution in [0, 0.1) is 0 Å². The van der Waals surface area contributed by atoms with Crippen LogP contribution in [-0.2, 0) is 5.41 Å². The zero-order chi connectivity index (χ0) is 35.3. The molecule has 1 aliphatic rings. The normalized spacial score (nSPS) is 13.2. The van der Waals surface area contributed by atoms with Crippen LogP contribution in [0.25, 0.3) is 101 Å². The van der Waals surface area contributed by atoms with Crippen molar-refractivity contribution in [3.8, 4) is 56.7 Å². The van der Waals surface area contributed by atoms with Crippen molar-refractivity contribution in [1.82, 2.24) is 19.9 Å². The van der Waals surface area contributed by atoms with Gasteiger partial charge < -0.3 is 8.83 Å². The van der Waals surface area contributed by atoms with Crippen molar-refractivity contribution in [3.05, 3.63) is 157 Å². The molecule has 0 unspecified atom stereocenters. The van der Waals surface area contributed by atoms with E-state index < -0.39 is 0 Å². The molecule has 0 saturated carbocycles. The largest absolute Gasteiger partial charge is 0.455 e. The molecule has 0 spiro atoms. The molecule has 3 heterocycles. The molecule has 250 valence electrons. The highest BCUT2D eigenvalue weighted by Gasteiger charge is 2.38. The molecule has 6 nitrogen and oxygen atoms in total. The van der Waals surface area contributed by atoms with Crippen LogP contribution < -0.4 is 0 Å². The van der Waals surface area contributed by atoms with Gasteiger partial charge in [-0.1, -0.05) is 129 Å². The first-order chi connectivity index (χ1) is 26.0. The highest BCUT2D eigenvalue weighted by Crippen LogP contribution is 2.52. The SMILES string of the molecule is CC1(C)c2ccccc2-c2cccc(-c3nc(-c4ccccc4)nc(-c4cc5c(oc6ccc7nc(-c8ccccc8)oc7c65)c5ccccc45)n3)c21. The maximum atomic E-state index is 6.63. The van der Waals surface area contributed by atoms with Crippen LogP contribution in [0.3, 0.4) is 0 Å². The van der Waals surface area contributed by atoms with Crippen LogP contribution in [0.5, 0.6) is 0 Å². The van der Waals surface area contributed by atoms with Crippen LogP contribution in [0.1, 0.15) is 25.0 Å². The average Bonchev–Trinajstić information content (AvgIpc) is 3.89. The maximum Gasteiger partial charge on any atom is 0.227 e. The molecule has 10 aromatic rings. The molecule has 3 aromatic heterocycles. The Bertz CT molecular complexity index is 3090.